The van der Waals surface area contributed by atoms with E-state index in [2.05, 4.69) is 0 Å². The molecule has 0 saturated carbocycles. The summed E-state index contributed by atoms with van der Waals surface area (Å²) < 4.78 is 5.48. The summed E-state index contributed by atoms with van der Waals surface area (Å²) in [7, 11) is 0. The van der Waals surface area contributed by atoms with E-state index in [0.717, 1.165) is 10.8 Å². The second-order valence-electron chi connectivity index (χ2n) is 3.81. The summed E-state index contributed by atoms with van der Waals surface area (Å²) in [6.45, 7) is 1.76. The van der Waals surface area contributed by atoms with Gasteiger partial charge in [0.2, 0.25) is 0 Å². The van der Waals surface area contributed by atoms with Crippen LogP contribution in [0.4, 0.5) is 0 Å². The third-order valence-corrected chi connectivity index (χ3v) is 2.65. The normalized spacial score (nSPS) is 12.3. The summed E-state index contributed by atoms with van der Waals surface area (Å²) in [5, 5.41) is 12.8. The molecule has 2 aromatic carbocycles. The lowest BCUT2D eigenvalue weighted by Crippen LogP contribution is -2.39. The van der Waals surface area contributed by atoms with Gasteiger partial charge < -0.3 is 14.6 Å². The van der Waals surface area contributed by atoms with Gasteiger partial charge in [0.25, 0.3) is 0 Å². The van der Waals surface area contributed by atoms with Crippen LogP contribution < -0.4 is 9.84 Å². The van der Waals surface area contributed by atoms with Gasteiger partial charge in [-0.2, -0.15) is 0 Å². The van der Waals surface area contributed by atoms with Crippen molar-refractivity contribution in [1.29, 1.82) is 0 Å². The number of rotatable bonds is 4. The predicted octanol–water partition coefficient (Wildman–Crippen LogP) is 1.75. The lowest BCUT2D eigenvalue weighted by molar-refractivity contribution is -0.313. The Bertz CT molecular complexity index is 528. The fraction of sp³-hybridized carbons (Fsp3) is 0.214. The number of fused-ring (bicyclic) bond motifs is 1. The number of carboxylic acid groups (broad SMARTS) is 1. The Hall–Kier alpha value is -2.03. The van der Waals surface area contributed by atoms with Crippen molar-refractivity contribution in [3.05, 3.63) is 42.5 Å². The first-order chi connectivity index (χ1) is 8.22. The number of carbonyl (C=O) groups excluding carboxylic acids is 1. The molecular weight excluding hydrogens is 216 g/mol. The Labute approximate surface area is 99.6 Å². The molecule has 0 unspecified atom stereocenters. The molecule has 1 atom stereocenters. The number of hydrogen-bond acceptors (Lipinski definition) is 3. The molecule has 0 bridgehead atoms. The molecule has 0 fully saturated rings. The third-order valence-electron chi connectivity index (χ3n) is 2.65. The molecule has 0 aliphatic heterocycles. The second kappa shape index (κ2) is 4.87. The molecule has 0 heterocycles. The predicted molar refractivity (Wildman–Crippen MR) is 63.7 cm³/mol. The van der Waals surface area contributed by atoms with Crippen molar-refractivity contribution in [3.63, 3.8) is 0 Å². The molecule has 0 amide bonds. The highest BCUT2D eigenvalue weighted by Crippen LogP contribution is 2.26. The van der Waals surface area contributed by atoms with Gasteiger partial charge >= 0.3 is 0 Å². The Morgan fingerprint density at radius 3 is 2.65 bits per heavy atom. The van der Waals surface area contributed by atoms with E-state index < -0.39 is 12.1 Å². The zero-order chi connectivity index (χ0) is 12.3. The molecule has 2 rings (SSSR count). The van der Waals surface area contributed by atoms with Gasteiger partial charge in [0.15, 0.2) is 0 Å². The number of aliphatic carboxylic acids is 1. The summed E-state index contributed by atoms with van der Waals surface area (Å²) in [5.41, 5.74) is 0. The van der Waals surface area contributed by atoms with E-state index in [9.17, 15) is 9.90 Å². The molecule has 0 aliphatic carbocycles. The van der Waals surface area contributed by atoms with Gasteiger partial charge in [-0.05, 0) is 17.9 Å². The highest BCUT2D eigenvalue weighted by molar-refractivity contribution is 5.88. The standard InChI is InChI=1S/C14H14O3/c1-2-12(14(15)16)17-13-9-5-7-10-6-3-4-8-11(10)13/h3-9,12H,2H2,1H3,(H,15,16)/p-1/t12-/m0/s1. The fourth-order valence-corrected chi connectivity index (χ4v) is 1.75. The van der Waals surface area contributed by atoms with Gasteiger partial charge in [0, 0.05) is 5.39 Å². The molecule has 0 radical (unpaired) electrons. The van der Waals surface area contributed by atoms with Gasteiger partial charge in [-0.25, -0.2) is 0 Å². The van der Waals surface area contributed by atoms with Crippen molar-refractivity contribution >= 4 is 16.7 Å². The van der Waals surface area contributed by atoms with E-state index in [1.807, 2.05) is 36.4 Å². The SMILES string of the molecule is CC[C@H](Oc1cccc2ccccc12)C(=O)[O-]. The van der Waals surface area contributed by atoms with Crippen LogP contribution in [0, 0.1) is 0 Å². The van der Waals surface area contributed by atoms with Crippen molar-refractivity contribution in [2.75, 3.05) is 0 Å². The minimum absolute atomic E-state index is 0.381. The van der Waals surface area contributed by atoms with Crippen LogP contribution in [0.3, 0.4) is 0 Å². The van der Waals surface area contributed by atoms with Crippen LogP contribution in [-0.4, -0.2) is 12.1 Å². The van der Waals surface area contributed by atoms with Crippen LogP contribution in [-0.2, 0) is 4.79 Å². The van der Waals surface area contributed by atoms with Crippen LogP contribution in [0.15, 0.2) is 42.5 Å². The van der Waals surface area contributed by atoms with Crippen LogP contribution in [0.1, 0.15) is 13.3 Å². The van der Waals surface area contributed by atoms with Gasteiger partial charge in [0.05, 0.1) is 5.97 Å². The summed E-state index contributed by atoms with van der Waals surface area (Å²) in [6, 6.07) is 13.3. The summed E-state index contributed by atoms with van der Waals surface area (Å²) in [6.07, 6.45) is -0.522. The van der Waals surface area contributed by atoms with E-state index in [4.69, 9.17) is 4.74 Å². The average Bonchev–Trinajstić information content (AvgIpc) is 2.35. The largest absolute Gasteiger partial charge is 0.546 e. The zero-order valence-corrected chi connectivity index (χ0v) is 9.55. The van der Waals surface area contributed by atoms with Gasteiger partial charge in [-0.3, -0.25) is 0 Å². The molecule has 2 aromatic rings. The highest BCUT2D eigenvalue weighted by atomic mass is 16.5. The lowest BCUT2D eigenvalue weighted by Gasteiger charge is -2.19. The van der Waals surface area contributed by atoms with Crippen LogP contribution in [0.5, 0.6) is 5.75 Å². The summed E-state index contributed by atoms with van der Waals surface area (Å²) >= 11 is 0. The van der Waals surface area contributed by atoms with E-state index in [1.165, 1.54) is 0 Å². The van der Waals surface area contributed by atoms with E-state index in [1.54, 1.807) is 13.0 Å². The zero-order valence-electron chi connectivity index (χ0n) is 9.55. The Balaban J connectivity index is 2.38. The fourth-order valence-electron chi connectivity index (χ4n) is 1.75. The van der Waals surface area contributed by atoms with Crippen LogP contribution in [0.25, 0.3) is 10.8 Å². The van der Waals surface area contributed by atoms with Gasteiger partial charge in [0.1, 0.15) is 11.9 Å². The molecule has 3 heteroatoms. The maximum Gasteiger partial charge on any atom is 0.138 e. The first-order valence-corrected chi connectivity index (χ1v) is 5.57. The first-order valence-electron chi connectivity index (χ1n) is 5.57. The van der Waals surface area contributed by atoms with E-state index in [0.29, 0.717) is 12.2 Å². The molecule has 88 valence electrons. The van der Waals surface area contributed by atoms with Gasteiger partial charge in [-0.15, -0.1) is 0 Å². The monoisotopic (exact) mass is 229 g/mol. The first kappa shape index (κ1) is 11.5. The van der Waals surface area contributed by atoms with Crippen molar-refractivity contribution in [2.45, 2.75) is 19.4 Å². The minimum Gasteiger partial charge on any atom is -0.546 e. The second-order valence-corrected chi connectivity index (χ2v) is 3.81. The van der Waals surface area contributed by atoms with Gasteiger partial charge in [-0.1, -0.05) is 43.3 Å². The van der Waals surface area contributed by atoms with Crippen molar-refractivity contribution in [2.24, 2.45) is 0 Å². The Kier molecular flexibility index (Phi) is 3.28. The maximum atomic E-state index is 10.8. The lowest BCUT2D eigenvalue weighted by atomic mass is 10.1. The molecular formula is C14H13O3-. The molecule has 3 nitrogen and oxygen atoms in total. The quantitative estimate of drug-likeness (QED) is 0.802. The molecule has 17 heavy (non-hydrogen) atoms. The average molecular weight is 229 g/mol. The number of hydrogen-bond donors (Lipinski definition) is 0. The number of ether oxygens (including phenoxy) is 1. The number of carbonyl (C=O) groups is 1. The van der Waals surface area contributed by atoms with Crippen molar-refractivity contribution < 1.29 is 14.6 Å². The molecule has 0 N–H and O–H groups in total. The van der Waals surface area contributed by atoms with Crippen LogP contribution >= 0.6 is 0 Å². The van der Waals surface area contributed by atoms with Crippen molar-refractivity contribution in [3.8, 4) is 5.75 Å². The Morgan fingerprint density at radius 1 is 1.24 bits per heavy atom. The summed E-state index contributed by atoms with van der Waals surface area (Å²) in [4.78, 5) is 10.8. The highest BCUT2D eigenvalue weighted by Gasteiger charge is 2.10. The number of carboxylic acids is 1. The van der Waals surface area contributed by atoms with E-state index in [-0.39, 0.29) is 0 Å². The third kappa shape index (κ3) is 2.38. The molecule has 0 aliphatic rings. The molecule has 0 aromatic heterocycles. The minimum atomic E-state index is -1.18. The van der Waals surface area contributed by atoms with E-state index >= 15 is 0 Å². The van der Waals surface area contributed by atoms with Crippen LogP contribution in [0.2, 0.25) is 0 Å². The maximum absolute atomic E-state index is 10.8. The smallest absolute Gasteiger partial charge is 0.138 e. The van der Waals surface area contributed by atoms with Crippen molar-refractivity contribution in [1.82, 2.24) is 0 Å². The number of benzene rings is 2. The topological polar surface area (TPSA) is 49.4 Å². The molecule has 0 saturated heterocycles. The molecule has 0 spiro atoms. The summed E-state index contributed by atoms with van der Waals surface area (Å²) in [5.74, 6) is -0.598. The Morgan fingerprint density at radius 2 is 1.94 bits per heavy atom.